The topological polar surface area (TPSA) is 27.0 Å². The average Bonchev–Trinajstić information content (AvgIpc) is 2.28. The maximum atomic E-state index is 13.6. The monoisotopic (exact) mass is 288 g/mol. The predicted octanol–water partition coefficient (Wildman–Crippen LogP) is 3.07. The van der Waals surface area contributed by atoms with Gasteiger partial charge in [0.2, 0.25) is 0 Å². The Morgan fingerprint density at radius 3 is 2.69 bits per heavy atom. The van der Waals surface area contributed by atoms with Gasteiger partial charge in [-0.05, 0) is 34.6 Å². The van der Waals surface area contributed by atoms with Crippen LogP contribution in [0, 0.1) is 23.0 Å². The van der Waals surface area contributed by atoms with Gasteiger partial charge in [0.25, 0.3) is 0 Å². The molecule has 0 fully saturated rings. The molecule has 0 aliphatic carbocycles. The molecule has 0 atom stereocenters. The molecule has 0 aliphatic heterocycles. The first-order valence-electron chi connectivity index (χ1n) is 4.81. The molecule has 1 aromatic carbocycles. The summed E-state index contributed by atoms with van der Waals surface area (Å²) >= 11 is 3.01. The van der Waals surface area contributed by atoms with Gasteiger partial charge >= 0.3 is 0 Å². The van der Waals surface area contributed by atoms with Gasteiger partial charge in [0.05, 0.1) is 17.1 Å². The van der Waals surface area contributed by atoms with Crippen LogP contribution in [0.15, 0.2) is 16.6 Å². The fourth-order valence-electron chi connectivity index (χ4n) is 1.32. The Morgan fingerprint density at radius 2 is 2.12 bits per heavy atom. The van der Waals surface area contributed by atoms with Crippen molar-refractivity contribution in [2.45, 2.75) is 13.5 Å². The van der Waals surface area contributed by atoms with E-state index in [0.29, 0.717) is 6.54 Å². The minimum absolute atomic E-state index is 0.00789. The van der Waals surface area contributed by atoms with Crippen LogP contribution in [0.3, 0.4) is 0 Å². The molecule has 0 spiro atoms. The third-order valence-corrected chi connectivity index (χ3v) is 2.87. The van der Waals surface area contributed by atoms with Crippen molar-refractivity contribution >= 4 is 15.9 Å². The zero-order valence-corrected chi connectivity index (χ0v) is 10.4. The summed E-state index contributed by atoms with van der Waals surface area (Å²) in [5, 5.41) is 8.55. The van der Waals surface area contributed by atoms with E-state index in [1.165, 1.54) is 12.1 Å². The zero-order chi connectivity index (χ0) is 12.1. The lowest BCUT2D eigenvalue weighted by Crippen LogP contribution is -2.24. The molecule has 0 N–H and O–H groups in total. The molecular weight excluding hydrogens is 278 g/mol. The summed E-state index contributed by atoms with van der Waals surface area (Å²) in [6, 6.07) is 4.50. The summed E-state index contributed by atoms with van der Waals surface area (Å²) in [7, 11) is 0. The molecule has 16 heavy (non-hydrogen) atoms. The molecule has 0 radical (unpaired) electrons. The van der Waals surface area contributed by atoms with Crippen LogP contribution in [0.25, 0.3) is 0 Å². The number of halogens is 3. The highest BCUT2D eigenvalue weighted by atomic mass is 79.9. The fourth-order valence-corrected chi connectivity index (χ4v) is 1.69. The van der Waals surface area contributed by atoms with Gasteiger partial charge in [-0.1, -0.05) is 6.92 Å². The molecule has 1 rings (SSSR count). The Bertz CT molecular complexity index is 415. The Morgan fingerprint density at radius 1 is 1.44 bits per heavy atom. The maximum Gasteiger partial charge on any atom is 0.144 e. The van der Waals surface area contributed by atoms with Crippen molar-refractivity contribution in [3.63, 3.8) is 0 Å². The van der Waals surface area contributed by atoms with Gasteiger partial charge in [0.15, 0.2) is 0 Å². The highest BCUT2D eigenvalue weighted by Gasteiger charge is 2.14. The van der Waals surface area contributed by atoms with Crippen molar-refractivity contribution in [3.05, 3.63) is 33.8 Å². The van der Waals surface area contributed by atoms with Crippen LogP contribution in [0.1, 0.15) is 12.5 Å². The van der Waals surface area contributed by atoms with Crippen molar-refractivity contribution < 1.29 is 8.78 Å². The Hall–Kier alpha value is -0.990. The highest BCUT2D eigenvalue weighted by molar-refractivity contribution is 9.10. The van der Waals surface area contributed by atoms with E-state index in [2.05, 4.69) is 15.9 Å². The number of nitrogens with zero attached hydrogens (tertiary/aromatic N) is 2. The molecule has 0 saturated carbocycles. The molecule has 0 aromatic heterocycles. The summed E-state index contributed by atoms with van der Waals surface area (Å²) in [6.45, 7) is 2.66. The smallest absolute Gasteiger partial charge is 0.144 e. The molecule has 5 heteroatoms. The summed E-state index contributed by atoms with van der Waals surface area (Å²) in [4.78, 5) is 1.66. The van der Waals surface area contributed by atoms with E-state index in [0.717, 1.165) is 0 Å². The average molecular weight is 289 g/mol. The minimum Gasteiger partial charge on any atom is -0.286 e. The summed E-state index contributed by atoms with van der Waals surface area (Å²) in [6.07, 6.45) is 0. The van der Waals surface area contributed by atoms with Crippen LogP contribution < -0.4 is 0 Å². The van der Waals surface area contributed by atoms with Crippen molar-refractivity contribution in [2.24, 2.45) is 0 Å². The number of hydrogen-bond acceptors (Lipinski definition) is 2. The Labute approximate surface area is 102 Å². The zero-order valence-electron chi connectivity index (χ0n) is 8.80. The second-order valence-corrected chi connectivity index (χ2v) is 4.14. The fraction of sp³-hybridized carbons (Fsp3) is 0.364. The second kappa shape index (κ2) is 5.92. The number of rotatable bonds is 4. The number of benzene rings is 1. The van der Waals surface area contributed by atoms with Crippen molar-refractivity contribution in [1.82, 2.24) is 4.90 Å². The third kappa shape index (κ3) is 3.00. The molecule has 1 aromatic rings. The van der Waals surface area contributed by atoms with Crippen LogP contribution in [0.5, 0.6) is 0 Å². The minimum atomic E-state index is -0.601. The molecule has 0 unspecified atom stereocenters. The van der Waals surface area contributed by atoms with E-state index >= 15 is 0 Å². The van der Waals surface area contributed by atoms with E-state index in [1.54, 1.807) is 4.90 Å². The highest BCUT2D eigenvalue weighted by Crippen LogP contribution is 2.22. The van der Waals surface area contributed by atoms with Gasteiger partial charge in [-0.3, -0.25) is 4.90 Å². The quantitative estimate of drug-likeness (QED) is 0.629. The maximum absolute atomic E-state index is 13.6. The summed E-state index contributed by atoms with van der Waals surface area (Å²) in [5.41, 5.74) is -0.00789. The number of nitriles is 1. The van der Waals surface area contributed by atoms with Crippen molar-refractivity contribution in [2.75, 3.05) is 13.1 Å². The van der Waals surface area contributed by atoms with Gasteiger partial charge < -0.3 is 0 Å². The largest absolute Gasteiger partial charge is 0.286 e. The molecule has 2 nitrogen and oxygen atoms in total. The Kier molecular flexibility index (Phi) is 4.84. The Balaban J connectivity index is 2.96. The standard InChI is InChI=1S/C11H11BrF2N2/c1-2-16(6-5-15)7-8-10(13)4-3-9(12)11(8)14/h3-4H,2,6-7H2,1H3. The summed E-state index contributed by atoms with van der Waals surface area (Å²) in [5.74, 6) is -1.19. The molecule has 0 amide bonds. The van der Waals surface area contributed by atoms with E-state index in [4.69, 9.17) is 5.26 Å². The predicted molar refractivity (Wildman–Crippen MR) is 60.6 cm³/mol. The molecule has 0 saturated heterocycles. The van der Waals surface area contributed by atoms with Gasteiger partial charge in [0, 0.05) is 12.1 Å². The third-order valence-electron chi connectivity index (χ3n) is 2.26. The molecule has 0 bridgehead atoms. The van der Waals surface area contributed by atoms with Gasteiger partial charge in [-0.25, -0.2) is 8.78 Å². The van der Waals surface area contributed by atoms with Gasteiger partial charge in [0.1, 0.15) is 11.6 Å². The van der Waals surface area contributed by atoms with E-state index in [1.807, 2.05) is 13.0 Å². The lowest BCUT2D eigenvalue weighted by atomic mass is 10.2. The van der Waals surface area contributed by atoms with Crippen LogP contribution >= 0.6 is 15.9 Å². The number of hydrogen-bond donors (Lipinski definition) is 0. The first kappa shape index (κ1) is 13.1. The molecule has 0 aliphatic rings. The van der Waals surface area contributed by atoms with Crippen molar-refractivity contribution in [1.29, 1.82) is 5.26 Å². The van der Waals surface area contributed by atoms with Crippen LogP contribution in [-0.4, -0.2) is 18.0 Å². The van der Waals surface area contributed by atoms with E-state index in [-0.39, 0.29) is 23.1 Å². The van der Waals surface area contributed by atoms with Crippen LogP contribution in [0.2, 0.25) is 0 Å². The second-order valence-electron chi connectivity index (χ2n) is 3.28. The van der Waals surface area contributed by atoms with Crippen LogP contribution in [0.4, 0.5) is 8.78 Å². The van der Waals surface area contributed by atoms with E-state index in [9.17, 15) is 8.78 Å². The first-order valence-corrected chi connectivity index (χ1v) is 5.61. The van der Waals surface area contributed by atoms with E-state index < -0.39 is 11.6 Å². The normalized spacial score (nSPS) is 10.5. The first-order chi connectivity index (χ1) is 7.60. The van der Waals surface area contributed by atoms with Crippen LogP contribution in [-0.2, 0) is 6.54 Å². The molecular formula is C11H11BrF2N2. The molecule has 0 heterocycles. The molecule has 86 valence electrons. The lowest BCUT2D eigenvalue weighted by Gasteiger charge is -2.17. The SMILES string of the molecule is CCN(CC#N)Cc1c(F)ccc(Br)c1F. The lowest BCUT2D eigenvalue weighted by molar-refractivity contribution is 0.303. The van der Waals surface area contributed by atoms with Gasteiger partial charge in [-0.2, -0.15) is 5.26 Å². The van der Waals surface area contributed by atoms with Crippen molar-refractivity contribution in [3.8, 4) is 6.07 Å². The van der Waals surface area contributed by atoms with Gasteiger partial charge in [-0.15, -0.1) is 0 Å². The summed E-state index contributed by atoms with van der Waals surface area (Å²) < 4.78 is 27.2.